The van der Waals surface area contributed by atoms with Gasteiger partial charge >= 0.3 is 5.97 Å². The summed E-state index contributed by atoms with van der Waals surface area (Å²) in [6.45, 7) is 1.79. The zero-order valence-corrected chi connectivity index (χ0v) is 12.7. The Morgan fingerprint density at radius 1 is 1.25 bits per heavy atom. The van der Waals surface area contributed by atoms with Gasteiger partial charge in [-0.2, -0.15) is 0 Å². The van der Waals surface area contributed by atoms with Crippen molar-refractivity contribution in [3.05, 3.63) is 33.8 Å². The molecule has 0 spiro atoms. The Hall–Kier alpha value is -1.26. The molecule has 2 N–H and O–H groups in total. The molecule has 0 aliphatic carbocycles. The van der Waals surface area contributed by atoms with Crippen LogP contribution in [0.15, 0.2) is 18.2 Å². The lowest BCUT2D eigenvalue weighted by Gasteiger charge is -2.12. The van der Waals surface area contributed by atoms with E-state index in [0.29, 0.717) is 29.3 Å². The summed E-state index contributed by atoms with van der Waals surface area (Å²) in [5, 5.41) is 12.3. The van der Waals surface area contributed by atoms with Crippen LogP contribution >= 0.6 is 23.2 Å². The van der Waals surface area contributed by atoms with Gasteiger partial charge in [-0.15, -0.1) is 0 Å². The van der Waals surface area contributed by atoms with Crippen LogP contribution in [0.3, 0.4) is 0 Å². The van der Waals surface area contributed by atoms with Crippen molar-refractivity contribution in [1.29, 1.82) is 0 Å². The largest absolute Gasteiger partial charge is 0.481 e. The van der Waals surface area contributed by atoms with Gasteiger partial charge in [-0.1, -0.05) is 29.3 Å². The summed E-state index contributed by atoms with van der Waals surface area (Å²) < 4.78 is 0. The molecule has 1 aromatic rings. The number of carboxylic acid groups (broad SMARTS) is 1. The molecule has 0 radical (unpaired) electrons. The molecule has 1 atom stereocenters. The minimum absolute atomic E-state index is 0.0498. The van der Waals surface area contributed by atoms with Crippen molar-refractivity contribution in [2.24, 2.45) is 0 Å². The number of benzene rings is 1. The van der Waals surface area contributed by atoms with E-state index in [9.17, 15) is 9.59 Å². The lowest BCUT2D eigenvalue weighted by Crippen LogP contribution is -2.33. The molecule has 0 aliphatic heterocycles. The zero-order valence-electron chi connectivity index (χ0n) is 11.2. The van der Waals surface area contributed by atoms with Crippen LogP contribution < -0.4 is 5.32 Å². The fourth-order valence-corrected chi connectivity index (χ4v) is 2.03. The molecule has 0 saturated heterocycles. The van der Waals surface area contributed by atoms with Crippen molar-refractivity contribution in [2.45, 2.75) is 38.6 Å². The number of carboxylic acids is 1. The van der Waals surface area contributed by atoms with Crippen molar-refractivity contribution in [3.8, 4) is 0 Å². The van der Waals surface area contributed by atoms with Crippen molar-refractivity contribution in [2.75, 3.05) is 0 Å². The number of aliphatic carboxylic acids is 1. The van der Waals surface area contributed by atoms with Crippen LogP contribution in [-0.2, 0) is 16.0 Å². The van der Waals surface area contributed by atoms with Gasteiger partial charge in [0.15, 0.2) is 0 Å². The van der Waals surface area contributed by atoms with E-state index in [1.165, 1.54) is 0 Å². The lowest BCUT2D eigenvalue weighted by molar-refractivity contribution is -0.137. The fraction of sp³-hybridized carbons (Fsp3) is 0.429. The molecule has 4 nitrogen and oxygen atoms in total. The molecule has 110 valence electrons. The second kappa shape index (κ2) is 8.12. The maximum absolute atomic E-state index is 11.7. The van der Waals surface area contributed by atoms with Gasteiger partial charge in [0.2, 0.25) is 5.91 Å². The molecule has 6 heteroatoms. The molecule has 1 aromatic carbocycles. The third kappa shape index (κ3) is 6.26. The number of nitrogens with one attached hydrogen (secondary N) is 1. The first-order chi connectivity index (χ1) is 9.38. The maximum atomic E-state index is 11.7. The van der Waals surface area contributed by atoms with Crippen molar-refractivity contribution in [3.63, 3.8) is 0 Å². The first kappa shape index (κ1) is 16.8. The van der Waals surface area contributed by atoms with Gasteiger partial charge in [-0.05, 0) is 37.5 Å². The Balaban J connectivity index is 2.35. The highest BCUT2D eigenvalue weighted by molar-refractivity contribution is 6.42. The van der Waals surface area contributed by atoms with E-state index in [0.717, 1.165) is 5.56 Å². The number of aryl methyl sites for hydroxylation is 1. The Labute approximate surface area is 128 Å². The predicted octanol–water partition coefficient (Wildman–Crippen LogP) is 3.30. The smallest absolute Gasteiger partial charge is 0.303 e. The predicted molar refractivity (Wildman–Crippen MR) is 79.3 cm³/mol. The minimum atomic E-state index is -0.859. The average molecular weight is 318 g/mol. The quantitative estimate of drug-likeness (QED) is 0.810. The first-order valence-corrected chi connectivity index (χ1v) is 7.09. The number of rotatable bonds is 7. The molecule has 0 fully saturated rings. The first-order valence-electron chi connectivity index (χ1n) is 6.33. The molecular weight excluding hydrogens is 301 g/mol. The van der Waals surface area contributed by atoms with Gasteiger partial charge in [0.1, 0.15) is 0 Å². The van der Waals surface area contributed by atoms with E-state index in [4.69, 9.17) is 28.3 Å². The summed E-state index contributed by atoms with van der Waals surface area (Å²) in [5.41, 5.74) is 0.938. The zero-order chi connectivity index (χ0) is 15.1. The van der Waals surface area contributed by atoms with E-state index >= 15 is 0 Å². The van der Waals surface area contributed by atoms with Crippen molar-refractivity contribution in [1.82, 2.24) is 5.32 Å². The Morgan fingerprint density at radius 3 is 2.55 bits per heavy atom. The monoisotopic (exact) mass is 317 g/mol. The summed E-state index contributed by atoms with van der Waals surface area (Å²) in [6.07, 6.45) is 1.37. The number of carbonyl (C=O) groups is 2. The molecule has 1 amide bonds. The molecular formula is C14H17Cl2NO3. The van der Waals surface area contributed by atoms with Gasteiger partial charge in [0.25, 0.3) is 0 Å². The average Bonchev–Trinajstić information content (AvgIpc) is 2.38. The van der Waals surface area contributed by atoms with Crippen molar-refractivity contribution < 1.29 is 14.7 Å². The molecule has 20 heavy (non-hydrogen) atoms. The number of amides is 1. The highest BCUT2D eigenvalue weighted by Crippen LogP contribution is 2.23. The highest BCUT2D eigenvalue weighted by atomic mass is 35.5. The third-order valence-corrected chi connectivity index (χ3v) is 3.56. The number of halogens is 2. The number of hydrogen-bond acceptors (Lipinski definition) is 2. The summed E-state index contributed by atoms with van der Waals surface area (Å²) >= 11 is 11.7. The second-order valence-electron chi connectivity index (χ2n) is 4.65. The fourth-order valence-electron chi connectivity index (χ4n) is 1.71. The maximum Gasteiger partial charge on any atom is 0.303 e. The van der Waals surface area contributed by atoms with E-state index < -0.39 is 5.97 Å². The van der Waals surface area contributed by atoms with E-state index in [-0.39, 0.29) is 18.4 Å². The van der Waals surface area contributed by atoms with Gasteiger partial charge in [-0.3, -0.25) is 9.59 Å². The van der Waals surface area contributed by atoms with Gasteiger partial charge in [0.05, 0.1) is 10.0 Å². The molecule has 0 bridgehead atoms. The molecule has 1 unspecified atom stereocenters. The molecule has 0 aliphatic rings. The van der Waals surface area contributed by atoms with E-state index in [1.807, 2.05) is 6.07 Å². The highest BCUT2D eigenvalue weighted by Gasteiger charge is 2.09. The van der Waals surface area contributed by atoms with Crippen LogP contribution in [0.5, 0.6) is 0 Å². The SMILES string of the molecule is CC(CCC(=O)O)NC(=O)CCc1ccc(Cl)c(Cl)c1. The minimum Gasteiger partial charge on any atom is -0.481 e. The second-order valence-corrected chi connectivity index (χ2v) is 5.46. The molecule has 0 aromatic heterocycles. The molecule has 0 saturated carbocycles. The normalized spacial score (nSPS) is 11.9. The lowest BCUT2D eigenvalue weighted by atomic mass is 10.1. The van der Waals surface area contributed by atoms with Crippen LogP contribution in [0.25, 0.3) is 0 Å². The summed E-state index contributed by atoms with van der Waals surface area (Å²) in [4.78, 5) is 22.1. The van der Waals surface area contributed by atoms with Crippen LogP contribution in [0.1, 0.15) is 31.7 Å². The van der Waals surface area contributed by atoms with E-state index in [2.05, 4.69) is 5.32 Å². The summed E-state index contributed by atoms with van der Waals surface area (Å²) in [5.74, 6) is -0.962. The third-order valence-electron chi connectivity index (χ3n) is 2.82. The van der Waals surface area contributed by atoms with E-state index in [1.54, 1.807) is 19.1 Å². The van der Waals surface area contributed by atoms with Crippen LogP contribution in [-0.4, -0.2) is 23.0 Å². The van der Waals surface area contributed by atoms with Gasteiger partial charge < -0.3 is 10.4 Å². The Bertz CT molecular complexity index is 491. The molecule has 1 rings (SSSR count). The standard InChI is InChI=1S/C14H17Cl2NO3/c1-9(2-7-14(19)20)17-13(18)6-4-10-3-5-11(15)12(16)8-10/h3,5,8-9H,2,4,6-7H2,1H3,(H,17,18)(H,19,20). The van der Waals surface area contributed by atoms with Crippen LogP contribution in [0, 0.1) is 0 Å². The number of hydrogen-bond donors (Lipinski definition) is 2. The van der Waals surface area contributed by atoms with Crippen molar-refractivity contribution >= 4 is 35.1 Å². The van der Waals surface area contributed by atoms with Gasteiger partial charge in [-0.25, -0.2) is 0 Å². The summed E-state index contributed by atoms with van der Waals surface area (Å²) in [7, 11) is 0. The van der Waals surface area contributed by atoms with Gasteiger partial charge in [0, 0.05) is 18.9 Å². The van der Waals surface area contributed by atoms with Crippen LogP contribution in [0.4, 0.5) is 0 Å². The molecule has 0 heterocycles. The Kier molecular flexibility index (Phi) is 6.82. The summed E-state index contributed by atoms with van der Waals surface area (Å²) in [6, 6.07) is 5.12. The number of carbonyl (C=O) groups excluding carboxylic acids is 1. The van der Waals surface area contributed by atoms with Crippen LogP contribution in [0.2, 0.25) is 10.0 Å². The topological polar surface area (TPSA) is 66.4 Å². The Morgan fingerprint density at radius 2 is 1.95 bits per heavy atom.